The number of aromatic nitrogens is 1. The molecule has 25 heavy (non-hydrogen) atoms. The molecule has 0 atom stereocenters. The second-order valence-electron chi connectivity index (χ2n) is 6.72. The molecule has 0 saturated carbocycles. The van der Waals surface area contributed by atoms with E-state index in [4.69, 9.17) is 0 Å². The van der Waals surface area contributed by atoms with Gasteiger partial charge in [0, 0.05) is 40.8 Å². The van der Waals surface area contributed by atoms with Crippen LogP contribution in [0.3, 0.4) is 0 Å². The van der Waals surface area contributed by atoms with Crippen LogP contribution in [-0.2, 0) is 0 Å². The number of carbonyl (C=O) groups excluding carboxylic acids is 1. The normalized spacial score (nSPS) is 14.6. The third-order valence-corrected chi connectivity index (χ3v) is 5.09. The smallest absolute Gasteiger partial charge is 0.254 e. The summed E-state index contributed by atoms with van der Waals surface area (Å²) < 4.78 is 0. The van der Waals surface area contributed by atoms with E-state index in [0.717, 1.165) is 24.1 Å². The van der Waals surface area contributed by atoms with Crippen molar-refractivity contribution < 1.29 is 4.79 Å². The molecule has 3 nitrogen and oxygen atoms in total. The van der Waals surface area contributed by atoms with Gasteiger partial charge in [-0.2, -0.15) is 0 Å². The number of H-pyrrole nitrogens is 1. The summed E-state index contributed by atoms with van der Waals surface area (Å²) in [5.74, 6) is 0.129. The summed E-state index contributed by atoms with van der Waals surface area (Å²) in [5, 5.41) is 1.27. The molecule has 2 heterocycles. The maximum absolute atomic E-state index is 12.8. The minimum absolute atomic E-state index is 0.129. The number of hydrogen-bond acceptors (Lipinski definition) is 1. The van der Waals surface area contributed by atoms with E-state index >= 15 is 0 Å². The average Bonchev–Trinajstić information content (AvgIpc) is 2.97. The number of carbonyl (C=O) groups is 1. The number of hydrogen-bond donors (Lipinski definition) is 1. The predicted molar refractivity (Wildman–Crippen MR) is 103 cm³/mol. The highest BCUT2D eigenvalue weighted by molar-refractivity contribution is 5.97. The van der Waals surface area contributed by atoms with Crippen LogP contribution in [0.1, 0.15) is 33.6 Å². The van der Waals surface area contributed by atoms with Crippen LogP contribution in [0.15, 0.2) is 54.6 Å². The number of para-hydroxylation sites is 1. The predicted octanol–water partition coefficient (Wildman–Crippen LogP) is 4.71. The van der Waals surface area contributed by atoms with Crippen LogP contribution in [0, 0.1) is 13.8 Å². The van der Waals surface area contributed by atoms with Crippen LogP contribution in [-0.4, -0.2) is 28.9 Å². The van der Waals surface area contributed by atoms with Gasteiger partial charge in [0.25, 0.3) is 5.91 Å². The van der Waals surface area contributed by atoms with Gasteiger partial charge < -0.3 is 9.88 Å². The zero-order valence-electron chi connectivity index (χ0n) is 14.7. The highest BCUT2D eigenvalue weighted by Gasteiger charge is 2.22. The minimum Gasteiger partial charge on any atom is -0.358 e. The van der Waals surface area contributed by atoms with Crippen molar-refractivity contribution in [2.75, 3.05) is 13.1 Å². The standard InChI is InChI=1S/C22H22N2O/c1-15-7-3-4-8-18(15)22(25)24-13-11-17(12-14-24)21-16(2)23-20-10-6-5-9-19(20)21/h3-11,23H,12-14H2,1-2H3. The molecule has 4 rings (SSSR count). The number of nitrogens with zero attached hydrogens (tertiary/aromatic N) is 1. The molecule has 3 heteroatoms. The Labute approximate surface area is 148 Å². The molecule has 0 saturated heterocycles. The van der Waals surface area contributed by atoms with E-state index in [1.807, 2.05) is 36.1 Å². The third kappa shape index (κ3) is 2.76. The van der Waals surface area contributed by atoms with Gasteiger partial charge in [0.05, 0.1) is 0 Å². The Bertz CT molecular complexity index is 981. The van der Waals surface area contributed by atoms with Crippen LogP contribution in [0.25, 0.3) is 16.5 Å². The molecule has 0 spiro atoms. The molecular formula is C22H22N2O. The van der Waals surface area contributed by atoms with Gasteiger partial charge in [-0.3, -0.25) is 4.79 Å². The summed E-state index contributed by atoms with van der Waals surface area (Å²) in [6, 6.07) is 16.2. The maximum Gasteiger partial charge on any atom is 0.254 e. The maximum atomic E-state index is 12.8. The van der Waals surface area contributed by atoms with Gasteiger partial charge in [-0.25, -0.2) is 0 Å². The first-order valence-electron chi connectivity index (χ1n) is 8.77. The van der Waals surface area contributed by atoms with Gasteiger partial charge in [0.1, 0.15) is 0 Å². The number of benzene rings is 2. The fraction of sp³-hybridized carbons (Fsp3) is 0.227. The van der Waals surface area contributed by atoms with E-state index in [1.165, 1.54) is 27.7 Å². The van der Waals surface area contributed by atoms with E-state index in [0.29, 0.717) is 6.54 Å². The Kier molecular flexibility index (Phi) is 3.92. The number of amides is 1. The summed E-state index contributed by atoms with van der Waals surface area (Å²) in [7, 11) is 0. The first-order chi connectivity index (χ1) is 12.1. The molecule has 1 N–H and O–H groups in total. The Hall–Kier alpha value is -2.81. The lowest BCUT2D eigenvalue weighted by Gasteiger charge is -2.27. The summed E-state index contributed by atoms with van der Waals surface area (Å²) in [6.45, 7) is 5.55. The lowest BCUT2D eigenvalue weighted by Crippen LogP contribution is -2.35. The van der Waals surface area contributed by atoms with Crippen molar-refractivity contribution in [1.82, 2.24) is 9.88 Å². The van der Waals surface area contributed by atoms with Gasteiger partial charge in [-0.1, -0.05) is 42.5 Å². The van der Waals surface area contributed by atoms with E-state index in [-0.39, 0.29) is 5.91 Å². The molecule has 3 aromatic rings. The average molecular weight is 330 g/mol. The van der Waals surface area contributed by atoms with Crippen LogP contribution in [0.4, 0.5) is 0 Å². The topological polar surface area (TPSA) is 36.1 Å². The largest absolute Gasteiger partial charge is 0.358 e. The Morgan fingerprint density at radius 3 is 2.56 bits per heavy atom. The molecule has 0 unspecified atom stereocenters. The van der Waals surface area contributed by atoms with Crippen molar-refractivity contribution in [3.63, 3.8) is 0 Å². The van der Waals surface area contributed by atoms with Gasteiger partial charge in [-0.15, -0.1) is 0 Å². The Morgan fingerprint density at radius 2 is 1.80 bits per heavy atom. The molecule has 0 aliphatic carbocycles. The fourth-order valence-corrected chi connectivity index (χ4v) is 3.75. The first-order valence-corrected chi connectivity index (χ1v) is 8.77. The molecule has 1 aromatic heterocycles. The molecule has 1 amide bonds. The quantitative estimate of drug-likeness (QED) is 0.725. The second-order valence-corrected chi connectivity index (χ2v) is 6.72. The zero-order valence-corrected chi connectivity index (χ0v) is 14.7. The van der Waals surface area contributed by atoms with Gasteiger partial charge in [0.15, 0.2) is 0 Å². The summed E-state index contributed by atoms with van der Waals surface area (Å²) in [5.41, 5.74) is 6.86. The van der Waals surface area contributed by atoms with Gasteiger partial charge >= 0.3 is 0 Å². The molecule has 1 aliphatic rings. The van der Waals surface area contributed by atoms with Crippen molar-refractivity contribution in [3.05, 3.63) is 77.0 Å². The van der Waals surface area contributed by atoms with Crippen LogP contribution < -0.4 is 0 Å². The number of rotatable bonds is 2. The van der Waals surface area contributed by atoms with Crippen LogP contribution in [0.5, 0.6) is 0 Å². The molecule has 0 fully saturated rings. The Morgan fingerprint density at radius 1 is 1.04 bits per heavy atom. The van der Waals surface area contributed by atoms with Crippen LogP contribution >= 0.6 is 0 Å². The highest BCUT2D eigenvalue weighted by Crippen LogP contribution is 2.32. The van der Waals surface area contributed by atoms with Crippen molar-refractivity contribution in [3.8, 4) is 0 Å². The molecule has 0 radical (unpaired) electrons. The molecule has 126 valence electrons. The number of fused-ring (bicyclic) bond motifs is 1. The third-order valence-electron chi connectivity index (χ3n) is 5.09. The summed E-state index contributed by atoms with van der Waals surface area (Å²) in [4.78, 5) is 18.2. The monoisotopic (exact) mass is 330 g/mol. The lowest BCUT2D eigenvalue weighted by molar-refractivity contribution is 0.0772. The summed E-state index contributed by atoms with van der Waals surface area (Å²) >= 11 is 0. The SMILES string of the molecule is Cc1ccccc1C(=O)N1CC=C(c2c(C)[nH]c3ccccc23)CC1. The van der Waals surface area contributed by atoms with E-state index in [9.17, 15) is 4.79 Å². The molecular weight excluding hydrogens is 308 g/mol. The minimum atomic E-state index is 0.129. The van der Waals surface area contributed by atoms with E-state index in [2.05, 4.69) is 42.2 Å². The van der Waals surface area contributed by atoms with Crippen molar-refractivity contribution in [1.29, 1.82) is 0 Å². The lowest BCUT2D eigenvalue weighted by atomic mass is 9.96. The fourth-order valence-electron chi connectivity index (χ4n) is 3.75. The van der Waals surface area contributed by atoms with Crippen molar-refractivity contribution in [2.45, 2.75) is 20.3 Å². The number of nitrogens with one attached hydrogen (secondary N) is 1. The molecule has 0 bridgehead atoms. The molecule has 1 aliphatic heterocycles. The van der Waals surface area contributed by atoms with E-state index < -0.39 is 0 Å². The van der Waals surface area contributed by atoms with E-state index in [1.54, 1.807) is 0 Å². The second kappa shape index (κ2) is 6.25. The van der Waals surface area contributed by atoms with Gasteiger partial charge in [-0.05, 0) is 43.5 Å². The summed E-state index contributed by atoms with van der Waals surface area (Å²) in [6.07, 6.45) is 3.10. The Balaban J connectivity index is 1.61. The zero-order chi connectivity index (χ0) is 17.4. The first kappa shape index (κ1) is 15.7. The number of aromatic amines is 1. The van der Waals surface area contributed by atoms with Crippen LogP contribution in [0.2, 0.25) is 0 Å². The number of aryl methyl sites for hydroxylation is 2. The van der Waals surface area contributed by atoms with Crippen molar-refractivity contribution in [2.24, 2.45) is 0 Å². The van der Waals surface area contributed by atoms with Crippen molar-refractivity contribution >= 4 is 22.4 Å². The van der Waals surface area contributed by atoms with Gasteiger partial charge in [0.2, 0.25) is 0 Å². The highest BCUT2D eigenvalue weighted by atomic mass is 16.2. The molecule has 2 aromatic carbocycles.